The highest BCUT2D eigenvalue weighted by Gasteiger charge is 2.06. The molecule has 0 fully saturated rings. The highest BCUT2D eigenvalue weighted by Crippen LogP contribution is 2.22. The number of aliphatic hydroxyl groups excluding tert-OH is 1. The first kappa shape index (κ1) is 13.8. The molecule has 0 saturated carbocycles. The van der Waals surface area contributed by atoms with Crippen molar-refractivity contribution in [3.8, 4) is 11.3 Å². The maximum atomic E-state index is 12.8. The highest BCUT2D eigenvalue weighted by molar-refractivity contribution is 5.57. The van der Waals surface area contributed by atoms with Crippen molar-refractivity contribution < 1.29 is 13.9 Å². The third-order valence-electron chi connectivity index (χ3n) is 2.94. The minimum atomic E-state index is -0.327. The van der Waals surface area contributed by atoms with Crippen molar-refractivity contribution in [2.24, 2.45) is 0 Å². The third-order valence-corrected chi connectivity index (χ3v) is 2.94. The molecule has 4 heteroatoms. The molecule has 102 valence electrons. The Labute approximate surface area is 112 Å². The van der Waals surface area contributed by atoms with Gasteiger partial charge in [-0.2, -0.15) is 0 Å². The molecule has 1 atom stereocenters. The second-order valence-corrected chi connectivity index (χ2v) is 4.47. The minimum Gasteiger partial charge on any atom is -0.460 e. The highest BCUT2D eigenvalue weighted by atomic mass is 19.1. The van der Waals surface area contributed by atoms with Crippen LogP contribution in [0.4, 0.5) is 4.39 Å². The average molecular weight is 263 g/mol. The van der Waals surface area contributed by atoms with Crippen molar-refractivity contribution in [3.05, 3.63) is 48.0 Å². The molecule has 19 heavy (non-hydrogen) atoms. The molecular formula is C15H18FNO2. The van der Waals surface area contributed by atoms with Gasteiger partial charge in [0.05, 0.1) is 12.6 Å². The van der Waals surface area contributed by atoms with E-state index in [-0.39, 0.29) is 11.9 Å². The van der Waals surface area contributed by atoms with E-state index in [4.69, 9.17) is 4.42 Å². The Morgan fingerprint density at radius 2 is 1.95 bits per heavy atom. The van der Waals surface area contributed by atoms with E-state index in [0.717, 1.165) is 17.7 Å². The fourth-order valence-electron chi connectivity index (χ4n) is 1.75. The molecule has 1 heterocycles. The Kier molecular flexibility index (Phi) is 4.71. The fraction of sp³-hybridized carbons (Fsp3) is 0.333. The smallest absolute Gasteiger partial charge is 0.134 e. The Morgan fingerprint density at radius 3 is 2.63 bits per heavy atom. The summed E-state index contributed by atoms with van der Waals surface area (Å²) in [7, 11) is 0. The van der Waals surface area contributed by atoms with Crippen molar-refractivity contribution in [1.82, 2.24) is 5.32 Å². The molecule has 2 N–H and O–H groups in total. The van der Waals surface area contributed by atoms with Crippen LogP contribution in [0.15, 0.2) is 40.8 Å². The largest absolute Gasteiger partial charge is 0.460 e. The monoisotopic (exact) mass is 263 g/mol. The van der Waals surface area contributed by atoms with Crippen LogP contribution < -0.4 is 5.32 Å². The SMILES string of the molecule is CCC(O)CNCc1ccc(-c2ccc(F)cc2)o1. The number of furan rings is 1. The number of aliphatic hydroxyl groups is 1. The number of rotatable bonds is 6. The van der Waals surface area contributed by atoms with Gasteiger partial charge in [-0.3, -0.25) is 0 Å². The van der Waals surface area contributed by atoms with Crippen LogP contribution in [0, 0.1) is 5.82 Å². The van der Waals surface area contributed by atoms with E-state index in [9.17, 15) is 9.50 Å². The molecule has 2 aromatic rings. The number of hydrogen-bond acceptors (Lipinski definition) is 3. The molecule has 1 aromatic carbocycles. The van der Waals surface area contributed by atoms with Gasteiger partial charge >= 0.3 is 0 Å². The Morgan fingerprint density at radius 1 is 1.21 bits per heavy atom. The quantitative estimate of drug-likeness (QED) is 0.842. The zero-order valence-corrected chi connectivity index (χ0v) is 10.9. The summed E-state index contributed by atoms with van der Waals surface area (Å²) in [6.45, 7) is 3.05. The van der Waals surface area contributed by atoms with E-state index < -0.39 is 0 Å². The number of halogens is 1. The summed E-state index contributed by atoms with van der Waals surface area (Å²) in [4.78, 5) is 0. The van der Waals surface area contributed by atoms with Crippen LogP contribution in [-0.2, 0) is 6.54 Å². The second kappa shape index (κ2) is 6.50. The van der Waals surface area contributed by atoms with Gasteiger partial charge in [0.1, 0.15) is 17.3 Å². The Bertz CT molecular complexity index is 507. The van der Waals surface area contributed by atoms with Gasteiger partial charge in [-0.05, 0) is 42.8 Å². The van der Waals surface area contributed by atoms with Crippen LogP contribution >= 0.6 is 0 Å². The molecule has 1 unspecified atom stereocenters. The average Bonchev–Trinajstić information content (AvgIpc) is 2.88. The summed E-state index contributed by atoms with van der Waals surface area (Å²) in [5.74, 6) is 1.25. The maximum absolute atomic E-state index is 12.8. The van der Waals surface area contributed by atoms with E-state index >= 15 is 0 Å². The lowest BCUT2D eigenvalue weighted by molar-refractivity contribution is 0.166. The summed E-state index contributed by atoms with van der Waals surface area (Å²) in [6.07, 6.45) is 0.401. The van der Waals surface area contributed by atoms with Crippen molar-refractivity contribution in [2.75, 3.05) is 6.54 Å². The predicted molar refractivity (Wildman–Crippen MR) is 72.1 cm³/mol. The van der Waals surface area contributed by atoms with Gasteiger partial charge in [-0.25, -0.2) is 4.39 Å². The summed E-state index contributed by atoms with van der Waals surface area (Å²) in [6, 6.07) is 9.93. The summed E-state index contributed by atoms with van der Waals surface area (Å²) in [5.41, 5.74) is 0.848. The molecule has 3 nitrogen and oxygen atoms in total. The van der Waals surface area contributed by atoms with Gasteiger partial charge in [-0.15, -0.1) is 0 Å². The number of benzene rings is 1. The Hall–Kier alpha value is -1.65. The Balaban J connectivity index is 1.93. The van der Waals surface area contributed by atoms with Crippen LogP contribution in [0.3, 0.4) is 0 Å². The molecule has 0 aliphatic heterocycles. The first-order chi connectivity index (χ1) is 9.19. The third kappa shape index (κ3) is 3.91. The normalized spacial score (nSPS) is 12.6. The second-order valence-electron chi connectivity index (χ2n) is 4.47. The molecular weight excluding hydrogens is 245 g/mol. The van der Waals surface area contributed by atoms with E-state index in [2.05, 4.69) is 5.32 Å². The molecule has 0 radical (unpaired) electrons. The molecule has 0 bridgehead atoms. The van der Waals surface area contributed by atoms with Crippen LogP contribution in [0.5, 0.6) is 0 Å². The van der Waals surface area contributed by atoms with E-state index in [1.54, 1.807) is 12.1 Å². The lowest BCUT2D eigenvalue weighted by atomic mass is 10.2. The summed E-state index contributed by atoms with van der Waals surface area (Å²) >= 11 is 0. The number of hydrogen-bond donors (Lipinski definition) is 2. The van der Waals surface area contributed by atoms with Crippen LogP contribution in [0.1, 0.15) is 19.1 Å². The number of nitrogens with one attached hydrogen (secondary N) is 1. The van der Waals surface area contributed by atoms with E-state index in [1.807, 2.05) is 19.1 Å². The minimum absolute atomic E-state index is 0.259. The maximum Gasteiger partial charge on any atom is 0.134 e. The van der Waals surface area contributed by atoms with E-state index in [1.165, 1.54) is 12.1 Å². The van der Waals surface area contributed by atoms with Gasteiger partial charge in [0, 0.05) is 12.1 Å². The summed E-state index contributed by atoms with van der Waals surface area (Å²) in [5, 5.41) is 12.5. The predicted octanol–water partition coefficient (Wildman–Crippen LogP) is 2.95. The van der Waals surface area contributed by atoms with Gasteiger partial charge in [0.15, 0.2) is 0 Å². The van der Waals surface area contributed by atoms with Crippen molar-refractivity contribution in [3.63, 3.8) is 0 Å². The van der Waals surface area contributed by atoms with E-state index in [0.29, 0.717) is 18.8 Å². The van der Waals surface area contributed by atoms with Gasteiger partial charge in [0.25, 0.3) is 0 Å². The van der Waals surface area contributed by atoms with Crippen molar-refractivity contribution in [2.45, 2.75) is 26.0 Å². The van der Waals surface area contributed by atoms with Crippen molar-refractivity contribution >= 4 is 0 Å². The fourth-order valence-corrected chi connectivity index (χ4v) is 1.75. The molecule has 0 spiro atoms. The van der Waals surface area contributed by atoms with Crippen molar-refractivity contribution in [1.29, 1.82) is 0 Å². The lowest BCUT2D eigenvalue weighted by Gasteiger charge is -2.07. The zero-order valence-electron chi connectivity index (χ0n) is 10.9. The van der Waals surface area contributed by atoms with Crippen LogP contribution in [0.25, 0.3) is 11.3 Å². The topological polar surface area (TPSA) is 45.4 Å². The lowest BCUT2D eigenvalue weighted by Crippen LogP contribution is -2.25. The first-order valence-electron chi connectivity index (χ1n) is 6.42. The van der Waals surface area contributed by atoms with Gasteiger partial charge in [0.2, 0.25) is 0 Å². The van der Waals surface area contributed by atoms with Crippen LogP contribution in [-0.4, -0.2) is 17.8 Å². The zero-order chi connectivity index (χ0) is 13.7. The molecule has 0 amide bonds. The molecule has 0 aliphatic rings. The first-order valence-corrected chi connectivity index (χ1v) is 6.42. The summed E-state index contributed by atoms with van der Waals surface area (Å²) < 4.78 is 18.5. The molecule has 0 aliphatic carbocycles. The molecule has 1 aromatic heterocycles. The van der Waals surface area contributed by atoms with Gasteiger partial charge < -0.3 is 14.8 Å². The van der Waals surface area contributed by atoms with Crippen LogP contribution in [0.2, 0.25) is 0 Å². The molecule has 2 rings (SSSR count). The standard InChI is InChI=1S/C15H18FNO2/c1-2-13(18)9-17-10-14-7-8-15(19-14)11-3-5-12(16)6-4-11/h3-8,13,17-18H,2,9-10H2,1H3. The molecule has 0 saturated heterocycles. The van der Waals surface area contributed by atoms with Gasteiger partial charge in [-0.1, -0.05) is 6.92 Å².